The predicted molar refractivity (Wildman–Crippen MR) is 66.7 cm³/mol. The average Bonchev–Trinajstić information content (AvgIpc) is 2.83. The Morgan fingerprint density at radius 1 is 1.12 bits per heavy atom. The van der Waals surface area contributed by atoms with Gasteiger partial charge < -0.3 is 14.5 Å². The van der Waals surface area contributed by atoms with Gasteiger partial charge in [-0.2, -0.15) is 0 Å². The molecule has 0 aromatic heterocycles. The fourth-order valence-electron chi connectivity index (χ4n) is 2.74. The number of ether oxygens (including phenoxy) is 1. The van der Waals surface area contributed by atoms with Gasteiger partial charge in [-0.1, -0.05) is 6.92 Å². The highest BCUT2D eigenvalue weighted by Crippen LogP contribution is 2.18. The van der Waals surface area contributed by atoms with Crippen LogP contribution in [0.4, 0.5) is 0 Å². The SMILES string of the molecule is CCN1CCN(CCCC2CCOC2)CC1. The van der Waals surface area contributed by atoms with Gasteiger partial charge in [-0.15, -0.1) is 0 Å². The minimum absolute atomic E-state index is 0.858. The zero-order valence-electron chi connectivity index (χ0n) is 10.7. The van der Waals surface area contributed by atoms with E-state index in [1.165, 1.54) is 58.5 Å². The van der Waals surface area contributed by atoms with Crippen molar-refractivity contribution in [3.63, 3.8) is 0 Å². The number of likely N-dealkylation sites (N-methyl/N-ethyl adjacent to an activating group) is 1. The monoisotopic (exact) mass is 226 g/mol. The van der Waals surface area contributed by atoms with Gasteiger partial charge in [-0.25, -0.2) is 0 Å². The highest BCUT2D eigenvalue weighted by molar-refractivity contribution is 4.72. The maximum atomic E-state index is 5.41. The third-order valence-electron chi connectivity index (χ3n) is 4.02. The Morgan fingerprint density at radius 2 is 1.88 bits per heavy atom. The molecule has 2 aliphatic rings. The molecule has 0 spiro atoms. The summed E-state index contributed by atoms with van der Waals surface area (Å²) in [5, 5.41) is 0. The van der Waals surface area contributed by atoms with Crippen LogP contribution in [-0.4, -0.2) is 62.3 Å². The van der Waals surface area contributed by atoms with Crippen molar-refractivity contribution in [2.45, 2.75) is 26.2 Å². The van der Waals surface area contributed by atoms with Crippen LogP contribution in [0, 0.1) is 5.92 Å². The molecule has 2 aliphatic heterocycles. The number of hydrogen-bond donors (Lipinski definition) is 0. The molecular weight excluding hydrogens is 200 g/mol. The van der Waals surface area contributed by atoms with Gasteiger partial charge in [0.1, 0.15) is 0 Å². The van der Waals surface area contributed by atoms with E-state index in [0.29, 0.717) is 0 Å². The summed E-state index contributed by atoms with van der Waals surface area (Å²) in [6.45, 7) is 11.9. The molecule has 2 rings (SSSR count). The van der Waals surface area contributed by atoms with E-state index in [-0.39, 0.29) is 0 Å². The van der Waals surface area contributed by atoms with Gasteiger partial charge in [-0.3, -0.25) is 0 Å². The van der Waals surface area contributed by atoms with Crippen molar-refractivity contribution in [3.05, 3.63) is 0 Å². The maximum Gasteiger partial charge on any atom is 0.0495 e. The average molecular weight is 226 g/mol. The van der Waals surface area contributed by atoms with E-state index < -0.39 is 0 Å². The van der Waals surface area contributed by atoms with Gasteiger partial charge >= 0.3 is 0 Å². The van der Waals surface area contributed by atoms with Crippen LogP contribution in [0.2, 0.25) is 0 Å². The van der Waals surface area contributed by atoms with Crippen LogP contribution in [0.5, 0.6) is 0 Å². The lowest BCUT2D eigenvalue weighted by Gasteiger charge is -2.34. The summed E-state index contributed by atoms with van der Waals surface area (Å²) in [5.74, 6) is 0.858. The molecule has 3 nitrogen and oxygen atoms in total. The van der Waals surface area contributed by atoms with Crippen molar-refractivity contribution >= 4 is 0 Å². The molecule has 0 radical (unpaired) electrons. The molecule has 0 amide bonds. The molecule has 1 atom stereocenters. The smallest absolute Gasteiger partial charge is 0.0495 e. The molecular formula is C13H26N2O. The Morgan fingerprint density at radius 3 is 2.50 bits per heavy atom. The summed E-state index contributed by atoms with van der Waals surface area (Å²) in [7, 11) is 0. The summed E-state index contributed by atoms with van der Waals surface area (Å²) >= 11 is 0. The number of hydrogen-bond acceptors (Lipinski definition) is 3. The summed E-state index contributed by atoms with van der Waals surface area (Å²) in [4.78, 5) is 5.17. The third kappa shape index (κ3) is 3.72. The fraction of sp³-hybridized carbons (Fsp3) is 1.00. The van der Waals surface area contributed by atoms with Crippen molar-refractivity contribution in [3.8, 4) is 0 Å². The Balaban J connectivity index is 1.53. The van der Waals surface area contributed by atoms with Crippen molar-refractivity contribution in [2.75, 3.05) is 52.5 Å². The van der Waals surface area contributed by atoms with Crippen molar-refractivity contribution in [2.24, 2.45) is 5.92 Å². The molecule has 16 heavy (non-hydrogen) atoms. The first-order valence-corrected chi connectivity index (χ1v) is 6.91. The van der Waals surface area contributed by atoms with Crippen LogP contribution in [0.15, 0.2) is 0 Å². The second-order valence-electron chi connectivity index (χ2n) is 5.15. The van der Waals surface area contributed by atoms with Crippen LogP contribution in [0.1, 0.15) is 26.2 Å². The summed E-state index contributed by atoms with van der Waals surface area (Å²) in [6.07, 6.45) is 4.03. The Hall–Kier alpha value is -0.120. The van der Waals surface area contributed by atoms with Crippen LogP contribution in [-0.2, 0) is 4.74 Å². The molecule has 0 aromatic rings. The van der Waals surface area contributed by atoms with E-state index in [4.69, 9.17) is 4.74 Å². The molecule has 2 heterocycles. The van der Waals surface area contributed by atoms with Crippen LogP contribution in [0.3, 0.4) is 0 Å². The zero-order chi connectivity index (χ0) is 11.2. The molecule has 2 saturated heterocycles. The number of nitrogens with zero attached hydrogens (tertiary/aromatic N) is 2. The molecule has 2 fully saturated rings. The van der Waals surface area contributed by atoms with Crippen molar-refractivity contribution < 1.29 is 4.74 Å². The van der Waals surface area contributed by atoms with Crippen LogP contribution < -0.4 is 0 Å². The standard InChI is InChI=1S/C13H26N2O/c1-2-14-7-9-15(10-8-14)6-3-4-13-5-11-16-12-13/h13H,2-12H2,1H3. The van der Waals surface area contributed by atoms with Crippen molar-refractivity contribution in [1.29, 1.82) is 0 Å². The van der Waals surface area contributed by atoms with Gasteiger partial charge in [0.2, 0.25) is 0 Å². The van der Waals surface area contributed by atoms with E-state index >= 15 is 0 Å². The highest BCUT2D eigenvalue weighted by Gasteiger charge is 2.17. The summed E-state index contributed by atoms with van der Waals surface area (Å²) in [6, 6.07) is 0. The van der Waals surface area contributed by atoms with Gasteiger partial charge in [0.05, 0.1) is 0 Å². The molecule has 94 valence electrons. The van der Waals surface area contributed by atoms with E-state index in [0.717, 1.165) is 19.1 Å². The zero-order valence-corrected chi connectivity index (χ0v) is 10.7. The first-order chi connectivity index (χ1) is 7.88. The molecule has 3 heteroatoms. The lowest BCUT2D eigenvalue weighted by atomic mass is 10.0. The number of rotatable bonds is 5. The van der Waals surface area contributed by atoms with Gasteiger partial charge in [0, 0.05) is 39.4 Å². The van der Waals surface area contributed by atoms with E-state index in [1.54, 1.807) is 0 Å². The van der Waals surface area contributed by atoms with Crippen LogP contribution in [0.25, 0.3) is 0 Å². The van der Waals surface area contributed by atoms with Crippen LogP contribution >= 0.6 is 0 Å². The maximum absolute atomic E-state index is 5.41. The quantitative estimate of drug-likeness (QED) is 0.705. The lowest BCUT2D eigenvalue weighted by Crippen LogP contribution is -2.46. The first-order valence-electron chi connectivity index (χ1n) is 6.91. The Bertz CT molecular complexity index is 184. The molecule has 0 N–H and O–H groups in total. The highest BCUT2D eigenvalue weighted by atomic mass is 16.5. The van der Waals surface area contributed by atoms with E-state index in [2.05, 4.69) is 16.7 Å². The largest absolute Gasteiger partial charge is 0.381 e. The second-order valence-corrected chi connectivity index (χ2v) is 5.15. The molecule has 0 aromatic carbocycles. The van der Waals surface area contributed by atoms with Gasteiger partial charge in [0.25, 0.3) is 0 Å². The fourth-order valence-corrected chi connectivity index (χ4v) is 2.74. The van der Waals surface area contributed by atoms with Gasteiger partial charge in [0.15, 0.2) is 0 Å². The molecule has 0 saturated carbocycles. The molecule has 0 aliphatic carbocycles. The van der Waals surface area contributed by atoms with E-state index in [9.17, 15) is 0 Å². The predicted octanol–water partition coefficient (Wildman–Crippen LogP) is 1.44. The van der Waals surface area contributed by atoms with E-state index in [1.807, 2.05) is 0 Å². The van der Waals surface area contributed by atoms with Crippen molar-refractivity contribution in [1.82, 2.24) is 9.80 Å². The van der Waals surface area contributed by atoms with Gasteiger partial charge in [-0.05, 0) is 38.3 Å². The first kappa shape index (κ1) is 12.3. The molecule has 1 unspecified atom stereocenters. The summed E-state index contributed by atoms with van der Waals surface area (Å²) < 4.78 is 5.41. The summed E-state index contributed by atoms with van der Waals surface area (Å²) in [5.41, 5.74) is 0. The Kier molecular flexibility index (Phi) is 5.07. The normalized spacial score (nSPS) is 28.7. The third-order valence-corrected chi connectivity index (χ3v) is 4.02. The lowest BCUT2D eigenvalue weighted by molar-refractivity contribution is 0.133. The number of piperazine rings is 1. The minimum Gasteiger partial charge on any atom is -0.381 e. The molecule has 0 bridgehead atoms. The topological polar surface area (TPSA) is 15.7 Å². The Labute approximate surface area is 99.7 Å². The minimum atomic E-state index is 0.858. The second kappa shape index (κ2) is 6.58.